The third kappa shape index (κ3) is 4.65. The summed E-state index contributed by atoms with van der Waals surface area (Å²) >= 11 is 1.09. The van der Waals surface area contributed by atoms with Crippen LogP contribution >= 0.6 is 11.8 Å². The number of thioether (sulfide) groups is 1. The zero-order valence-corrected chi connectivity index (χ0v) is 19.0. The molecular weight excluding hydrogens is 467 g/mol. The van der Waals surface area contributed by atoms with Crippen LogP contribution in [0, 0.1) is 19.7 Å². The summed E-state index contributed by atoms with van der Waals surface area (Å²) in [5.41, 5.74) is 2.93. The van der Waals surface area contributed by atoms with Gasteiger partial charge in [-0.2, -0.15) is 8.78 Å². The van der Waals surface area contributed by atoms with Gasteiger partial charge in [0.25, 0.3) is 0 Å². The van der Waals surface area contributed by atoms with Crippen molar-refractivity contribution >= 4 is 17.5 Å². The zero-order chi connectivity index (χ0) is 24.4. The van der Waals surface area contributed by atoms with Crippen LogP contribution in [0.4, 0.5) is 13.2 Å². The van der Waals surface area contributed by atoms with Gasteiger partial charge in [-0.1, -0.05) is 23.9 Å². The van der Waals surface area contributed by atoms with E-state index in [9.17, 15) is 18.0 Å². The molecule has 0 amide bonds. The Hall–Kier alpha value is -3.73. The van der Waals surface area contributed by atoms with E-state index in [1.165, 1.54) is 18.2 Å². The molecule has 0 spiro atoms. The Labute approximate surface area is 197 Å². The maximum Gasteiger partial charge on any atom is 0.387 e. The van der Waals surface area contributed by atoms with Gasteiger partial charge in [-0.3, -0.25) is 4.79 Å². The van der Waals surface area contributed by atoms with Crippen molar-refractivity contribution in [2.24, 2.45) is 0 Å². The van der Waals surface area contributed by atoms with Crippen LogP contribution < -0.4 is 10.6 Å². The zero-order valence-electron chi connectivity index (χ0n) is 18.2. The van der Waals surface area contributed by atoms with Crippen molar-refractivity contribution in [3.05, 3.63) is 77.4 Å². The van der Waals surface area contributed by atoms with E-state index in [0.29, 0.717) is 16.9 Å². The maximum absolute atomic E-state index is 14.1. The highest BCUT2D eigenvalue weighted by molar-refractivity contribution is 7.99. The number of Topliss-reactive ketones (excluding diaryl/α,β-unsaturated/α-hetero) is 1. The smallest absolute Gasteiger partial charge is 0.387 e. The fraction of sp³-hybridized carbons (Fsp3) is 0.174. The summed E-state index contributed by atoms with van der Waals surface area (Å²) in [6, 6.07) is 14.0. The lowest BCUT2D eigenvalue weighted by Gasteiger charge is -2.11. The second-order valence-corrected chi connectivity index (χ2v) is 8.30. The lowest BCUT2D eigenvalue weighted by molar-refractivity contribution is -0.0498. The molecule has 0 fully saturated rings. The van der Waals surface area contributed by atoms with E-state index in [2.05, 4.69) is 14.9 Å². The molecule has 0 saturated carbocycles. The van der Waals surface area contributed by atoms with Crippen LogP contribution in [-0.2, 0) is 0 Å². The van der Waals surface area contributed by atoms with E-state index in [1.807, 2.05) is 11.5 Å². The number of ketones is 1. The molecule has 2 heterocycles. The monoisotopic (exact) mass is 487 g/mol. The summed E-state index contributed by atoms with van der Waals surface area (Å²) in [4.78, 5) is 13.0. The van der Waals surface area contributed by atoms with Crippen molar-refractivity contribution in [2.75, 3.05) is 11.6 Å². The number of aryl methyl sites for hydroxylation is 1. The Morgan fingerprint density at radius 3 is 2.50 bits per heavy atom. The van der Waals surface area contributed by atoms with Crippen molar-refractivity contribution in [2.45, 2.75) is 25.6 Å². The average Bonchev–Trinajstić information content (AvgIpc) is 3.31. The minimum atomic E-state index is -2.90. The van der Waals surface area contributed by atoms with Gasteiger partial charge in [-0.05, 0) is 56.3 Å². The maximum atomic E-state index is 14.1. The third-order valence-electron chi connectivity index (χ3n) is 5.16. The highest BCUT2D eigenvalue weighted by Crippen LogP contribution is 2.27. The molecule has 7 nitrogen and oxygen atoms in total. The van der Waals surface area contributed by atoms with Crippen molar-refractivity contribution in [1.82, 2.24) is 19.4 Å². The normalized spacial score (nSPS) is 11.2. The van der Waals surface area contributed by atoms with E-state index in [-0.39, 0.29) is 33.8 Å². The average molecular weight is 488 g/mol. The van der Waals surface area contributed by atoms with Gasteiger partial charge in [0.05, 0.1) is 11.3 Å². The predicted molar refractivity (Wildman–Crippen MR) is 122 cm³/mol. The second kappa shape index (κ2) is 9.64. The van der Waals surface area contributed by atoms with Crippen molar-refractivity contribution < 1.29 is 22.7 Å². The predicted octanol–water partition coefficient (Wildman–Crippen LogP) is 4.78. The SMILES string of the molecule is Cc1cc(C(=O)CSc2nnc(-c3ccccc3F)n2N)c(C)n1-c1ccc(OC(F)F)cc1. The minimum absolute atomic E-state index is 0.0397. The Kier molecular flexibility index (Phi) is 6.64. The summed E-state index contributed by atoms with van der Waals surface area (Å²) < 4.78 is 46.2. The van der Waals surface area contributed by atoms with Gasteiger partial charge in [-0.25, -0.2) is 9.07 Å². The van der Waals surface area contributed by atoms with Gasteiger partial charge in [0.15, 0.2) is 11.6 Å². The third-order valence-corrected chi connectivity index (χ3v) is 6.11. The van der Waals surface area contributed by atoms with Crippen molar-refractivity contribution in [1.29, 1.82) is 0 Å². The highest BCUT2D eigenvalue weighted by atomic mass is 32.2. The molecule has 34 heavy (non-hydrogen) atoms. The fourth-order valence-corrected chi connectivity index (χ4v) is 4.37. The molecule has 4 rings (SSSR count). The van der Waals surface area contributed by atoms with Crippen LogP contribution in [-0.4, -0.2) is 37.6 Å². The first-order valence-electron chi connectivity index (χ1n) is 10.1. The van der Waals surface area contributed by atoms with Gasteiger partial charge in [0.1, 0.15) is 11.6 Å². The van der Waals surface area contributed by atoms with Gasteiger partial charge < -0.3 is 15.1 Å². The molecule has 2 aromatic heterocycles. The Morgan fingerprint density at radius 2 is 1.82 bits per heavy atom. The summed E-state index contributed by atoms with van der Waals surface area (Å²) in [7, 11) is 0. The largest absolute Gasteiger partial charge is 0.435 e. The molecule has 0 aliphatic rings. The number of nitrogen functional groups attached to an aromatic ring is 1. The number of benzene rings is 2. The number of halogens is 3. The number of hydrogen-bond donors (Lipinski definition) is 1. The number of hydrogen-bond acceptors (Lipinski definition) is 6. The van der Waals surface area contributed by atoms with E-state index >= 15 is 0 Å². The quantitative estimate of drug-likeness (QED) is 0.219. The Morgan fingerprint density at radius 1 is 1.12 bits per heavy atom. The molecule has 4 aromatic rings. The molecule has 0 atom stereocenters. The fourth-order valence-electron chi connectivity index (χ4n) is 3.63. The second-order valence-electron chi connectivity index (χ2n) is 7.36. The molecule has 0 unspecified atom stereocenters. The standard InChI is InChI=1S/C23H20F3N5O2S/c1-13-11-18(14(2)30(13)15-7-9-16(10-8-15)33-22(25)26)20(32)12-34-23-29-28-21(31(23)27)17-5-3-4-6-19(17)24/h3-11,22H,12,27H2,1-2H3. The van der Waals surface area contributed by atoms with Crippen LogP contribution in [0.15, 0.2) is 59.8 Å². The van der Waals surface area contributed by atoms with Crippen LogP contribution in [0.3, 0.4) is 0 Å². The van der Waals surface area contributed by atoms with Crippen molar-refractivity contribution in [3.63, 3.8) is 0 Å². The first-order chi connectivity index (χ1) is 16.3. The Balaban J connectivity index is 1.50. The van der Waals surface area contributed by atoms with E-state index < -0.39 is 12.4 Å². The topological polar surface area (TPSA) is 88.0 Å². The molecule has 176 valence electrons. The number of nitrogens with zero attached hydrogens (tertiary/aromatic N) is 4. The van der Waals surface area contributed by atoms with E-state index in [1.54, 1.807) is 43.3 Å². The number of aromatic nitrogens is 4. The summed E-state index contributed by atoms with van der Waals surface area (Å²) in [5.74, 6) is 5.65. The number of alkyl halides is 2. The number of rotatable bonds is 8. The van der Waals surface area contributed by atoms with Crippen LogP contribution in [0.1, 0.15) is 21.7 Å². The first-order valence-corrected chi connectivity index (χ1v) is 11.1. The van der Waals surface area contributed by atoms with Gasteiger partial charge in [0.2, 0.25) is 5.16 Å². The molecule has 0 bridgehead atoms. The minimum Gasteiger partial charge on any atom is -0.435 e. The molecular formula is C23H20F3N5O2S. The molecule has 2 N–H and O–H groups in total. The lowest BCUT2D eigenvalue weighted by atomic mass is 10.2. The van der Waals surface area contributed by atoms with E-state index in [0.717, 1.165) is 22.1 Å². The highest BCUT2D eigenvalue weighted by Gasteiger charge is 2.20. The summed E-state index contributed by atoms with van der Waals surface area (Å²) in [6.07, 6.45) is 0. The lowest BCUT2D eigenvalue weighted by Crippen LogP contribution is -2.13. The van der Waals surface area contributed by atoms with Gasteiger partial charge in [-0.15, -0.1) is 10.2 Å². The summed E-state index contributed by atoms with van der Waals surface area (Å²) in [5, 5.41) is 8.21. The molecule has 0 aliphatic heterocycles. The number of carbonyl (C=O) groups is 1. The first kappa shape index (κ1) is 23.4. The van der Waals surface area contributed by atoms with Gasteiger partial charge in [0, 0.05) is 22.6 Å². The van der Waals surface area contributed by atoms with Gasteiger partial charge >= 0.3 is 6.61 Å². The summed E-state index contributed by atoms with van der Waals surface area (Å²) in [6.45, 7) is 0.748. The van der Waals surface area contributed by atoms with Crippen molar-refractivity contribution in [3.8, 4) is 22.8 Å². The number of carbonyl (C=O) groups excluding carboxylic acids is 1. The number of ether oxygens (including phenoxy) is 1. The molecule has 11 heteroatoms. The molecule has 0 aliphatic carbocycles. The molecule has 0 saturated heterocycles. The number of nitrogens with two attached hydrogens (primary N) is 1. The van der Waals surface area contributed by atoms with Crippen LogP contribution in [0.25, 0.3) is 17.1 Å². The van der Waals surface area contributed by atoms with E-state index in [4.69, 9.17) is 5.84 Å². The van der Waals surface area contributed by atoms with Crippen LogP contribution in [0.5, 0.6) is 5.75 Å². The molecule has 0 radical (unpaired) electrons. The Bertz CT molecular complexity index is 1340. The van der Waals surface area contributed by atoms with Crippen LogP contribution in [0.2, 0.25) is 0 Å². The molecule has 2 aromatic carbocycles.